The molecule has 1 heterocycles. The molecule has 1 aliphatic rings. The first-order valence-electron chi connectivity index (χ1n) is 5.67. The highest BCUT2D eigenvalue weighted by Gasteiger charge is 2.31. The van der Waals surface area contributed by atoms with Gasteiger partial charge in [0, 0.05) is 18.0 Å². The van der Waals surface area contributed by atoms with Crippen LogP contribution < -0.4 is 9.64 Å². The van der Waals surface area contributed by atoms with Gasteiger partial charge in [-0.3, -0.25) is 4.79 Å². The third-order valence-electron chi connectivity index (χ3n) is 2.89. The van der Waals surface area contributed by atoms with Gasteiger partial charge in [-0.2, -0.15) is 21.4 Å². The number of halogens is 3. The van der Waals surface area contributed by atoms with Crippen molar-refractivity contribution < 1.29 is 18.3 Å². The number of benzene rings is 1. The van der Waals surface area contributed by atoms with E-state index < -0.39 is 6.61 Å². The predicted octanol–water partition coefficient (Wildman–Crippen LogP) is 3.22. The standard InChI is InChI=1S/C12H12ClF2NO2S/c13-8-1-2-10(18-12(14)15)9(4-8)16-5-7(6-19)3-11(16)17/h1-2,4,7,12,19H,3,5-6H2. The summed E-state index contributed by atoms with van der Waals surface area (Å²) in [7, 11) is 0. The number of ether oxygens (including phenoxy) is 1. The first kappa shape index (κ1) is 14.4. The second-order valence-electron chi connectivity index (χ2n) is 4.25. The van der Waals surface area contributed by atoms with Crippen LogP contribution in [0.2, 0.25) is 5.02 Å². The third kappa shape index (κ3) is 3.30. The quantitative estimate of drug-likeness (QED) is 0.866. The Kier molecular flexibility index (Phi) is 4.52. The van der Waals surface area contributed by atoms with Crippen molar-refractivity contribution in [2.45, 2.75) is 13.0 Å². The van der Waals surface area contributed by atoms with Crippen LogP contribution in [0.3, 0.4) is 0 Å². The van der Waals surface area contributed by atoms with Gasteiger partial charge in [0.1, 0.15) is 5.75 Å². The molecule has 1 fully saturated rings. The minimum atomic E-state index is -2.95. The minimum Gasteiger partial charge on any atom is -0.433 e. The van der Waals surface area contributed by atoms with Crippen LogP contribution >= 0.6 is 24.2 Å². The largest absolute Gasteiger partial charge is 0.433 e. The zero-order valence-electron chi connectivity index (χ0n) is 9.85. The average molecular weight is 308 g/mol. The van der Waals surface area contributed by atoms with E-state index in [0.717, 1.165) is 0 Å². The van der Waals surface area contributed by atoms with E-state index in [9.17, 15) is 13.6 Å². The minimum absolute atomic E-state index is 0.0486. The summed E-state index contributed by atoms with van der Waals surface area (Å²) in [6.07, 6.45) is 0.351. The first-order chi connectivity index (χ1) is 9.01. The molecule has 1 aliphatic heterocycles. The van der Waals surface area contributed by atoms with Crippen molar-refractivity contribution in [3.05, 3.63) is 23.2 Å². The number of hydrogen-bond acceptors (Lipinski definition) is 3. The summed E-state index contributed by atoms with van der Waals surface area (Å²) in [5, 5.41) is 0.360. The van der Waals surface area contributed by atoms with E-state index in [1.54, 1.807) is 0 Å². The molecule has 1 saturated heterocycles. The van der Waals surface area contributed by atoms with Crippen molar-refractivity contribution in [2.24, 2.45) is 5.92 Å². The van der Waals surface area contributed by atoms with Crippen molar-refractivity contribution in [1.82, 2.24) is 0 Å². The number of amides is 1. The van der Waals surface area contributed by atoms with Crippen molar-refractivity contribution in [3.63, 3.8) is 0 Å². The number of nitrogens with zero attached hydrogens (tertiary/aromatic N) is 1. The Bertz CT molecular complexity index is 487. The summed E-state index contributed by atoms with van der Waals surface area (Å²) >= 11 is 10.0. The second kappa shape index (κ2) is 5.96. The lowest BCUT2D eigenvalue weighted by molar-refractivity contribution is -0.117. The van der Waals surface area contributed by atoms with E-state index in [1.807, 2.05) is 0 Å². The summed E-state index contributed by atoms with van der Waals surface area (Å²) in [5.41, 5.74) is 0.280. The fraction of sp³-hybridized carbons (Fsp3) is 0.417. The van der Waals surface area contributed by atoms with E-state index in [1.165, 1.54) is 23.1 Å². The molecule has 1 aromatic rings. The summed E-state index contributed by atoms with van der Waals surface area (Å²) in [4.78, 5) is 13.3. The lowest BCUT2D eigenvalue weighted by Gasteiger charge is -2.20. The van der Waals surface area contributed by atoms with Crippen LogP contribution in [0.15, 0.2) is 18.2 Å². The molecule has 0 bridgehead atoms. The molecule has 1 unspecified atom stereocenters. The molecule has 104 valence electrons. The highest BCUT2D eigenvalue weighted by atomic mass is 35.5. The summed E-state index contributed by atoms with van der Waals surface area (Å²) < 4.78 is 29.1. The smallest absolute Gasteiger partial charge is 0.387 e. The van der Waals surface area contributed by atoms with Gasteiger partial charge in [-0.1, -0.05) is 11.6 Å². The van der Waals surface area contributed by atoms with E-state index in [4.69, 9.17) is 11.6 Å². The van der Waals surface area contributed by atoms with Crippen LogP contribution in [0.1, 0.15) is 6.42 Å². The summed E-state index contributed by atoms with van der Waals surface area (Å²) in [5.74, 6) is 0.482. The third-order valence-corrected chi connectivity index (χ3v) is 3.64. The fourth-order valence-corrected chi connectivity index (χ4v) is 2.44. The van der Waals surface area contributed by atoms with Gasteiger partial charge in [-0.25, -0.2) is 0 Å². The average Bonchev–Trinajstić information content (AvgIpc) is 2.72. The number of carbonyl (C=O) groups is 1. The Hall–Kier alpha value is -1.01. The van der Waals surface area contributed by atoms with Crippen LogP contribution in [0, 0.1) is 5.92 Å². The maximum absolute atomic E-state index is 12.4. The van der Waals surface area contributed by atoms with Crippen LogP contribution in [0.4, 0.5) is 14.5 Å². The molecule has 1 atom stereocenters. The van der Waals surface area contributed by atoms with Crippen molar-refractivity contribution >= 4 is 35.8 Å². The number of alkyl halides is 2. The van der Waals surface area contributed by atoms with Crippen molar-refractivity contribution in [1.29, 1.82) is 0 Å². The van der Waals surface area contributed by atoms with E-state index in [2.05, 4.69) is 17.4 Å². The molecule has 2 rings (SSSR count). The predicted molar refractivity (Wildman–Crippen MR) is 72.4 cm³/mol. The molecular formula is C12H12ClF2NO2S. The highest BCUT2D eigenvalue weighted by molar-refractivity contribution is 7.80. The Morgan fingerprint density at radius 2 is 2.26 bits per heavy atom. The van der Waals surface area contributed by atoms with Gasteiger partial charge >= 0.3 is 6.61 Å². The van der Waals surface area contributed by atoms with E-state index >= 15 is 0 Å². The Balaban J connectivity index is 2.32. The van der Waals surface area contributed by atoms with Crippen LogP contribution in [-0.4, -0.2) is 24.8 Å². The molecular weight excluding hydrogens is 296 g/mol. The maximum atomic E-state index is 12.4. The first-order valence-corrected chi connectivity index (χ1v) is 6.68. The normalized spacial score (nSPS) is 19.3. The summed E-state index contributed by atoms with van der Waals surface area (Å²) in [6, 6.07) is 4.24. The van der Waals surface area contributed by atoms with Gasteiger partial charge in [0.2, 0.25) is 5.91 Å². The van der Waals surface area contributed by atoms with Crippen molar-refractivity contribution in [2.75, 3.05) is 17.2 Å². The molecule has 0 saturated carbocycles. The molecule has 3 nitrogen and oxygen atoms in total. The maximum Gasteiger partial charge on any atom is 0.387 e. The Labute approximate surface area is 119 Å². The Morgan fingerprint density at radius 3 is 2.84 bits per heavy atom. The molecule has 0 aromatic heterocycles. The highest BCUT2D eigenvalue weighted by Crippen LogP contribution is 2.36. The molecule has 19 heavy (non-hydrogen) atoms. The van der Waals surface area contributed by atoms with Gasteiger partial charge in [-0.15, -0.1) is 0 Å². The zero-order chi connectivity index (χ0) is 14.0. The summed E-state index contributed by atoms with van der Waals surface area (Å²) in [6.45, 7) is -2.51. The van der Waals surface area contributed by atoms with E-state index in [-0.39, 0.29) is 23.3 Å². The molecule has 1 aromatic carbocycles. The number of anilines is 1. The second-order valence-corrected chi connectivity index (χ2v) is 5.05. The van der Waals surface area contributed by atoms with Gasteiger partial charge in [0.25, 0.3) is 0 Å². The Morgan fingerprint density at radius 1 is 1.53 bits per heavy atom. The molecule has 1 amide bonds. The number of carbonyl (C=O) groups excluding carboxylic acids is 1. The lowest BCUT2D eigenvalue weighted by atomic mass is 10.1. The molecule has 7 heteroatoms. The molecule has 0 spiro atoms. The van der Waals surface area contributed by atoms with Crippen LogP contribution in [0.25, 0.3) is 0 Å². The molecule has 0 N–H and O–H groups in total. The van der Waals surface area contributed by atoms with Gasteiger partial charge in [0.15, 0.2) is 0 Å². The number of rotatable bonds is 4. The van der Waals surface area contributed by atoms with Gasteiger partial charge < -0.3 is 9.64 Å². The number of hydrogen-bond donors (Lipinski definition) is 1. The van der Waals surface area contributed by atoms with Crippen molar-refractivity contribution in [3.8, 4) is 5.75 Å². The fourth-order valence-electron chi connectivity index (χ4n) is 2.03. The molecule has 0 radical (unpaired) electrons. The van der Waals surface area contributed by atoms with E-state index in [0.29, 0.717) is 23.7 Å². The molecule has 0 aliphatic carbocycles. The van der Waals surface area contributed by atoms with Gasteiger partial charge in [0.05, 0.1) is 5.69 Å². The SMILES string of the molecule is O=C1CC(CS)CN1c1cc(Cl)ccc1OC(F)F. The lowest BCUT2D eigenvalue weighted by Crippen LogP contribution is -2.25. The van der Waals surface area contributed by atoms with Gasteiger partial charge in [-0.05, 0) is 29.9 Å². The zero-order valence-corrected chi connectivity index (χ0v) is 11.5. The van der Waals surface area contributed by atoms with Crippen LogP contribution in [0.5, 0.6) is 5.75 Å². The number of thiol groups is 1. The van der Waals surface area contributed by atoms with Crippen LogP contribution in [-0.2, 0) is 4.79 Å². The monoisotopic (exact) mass is 307 g/mol. The topological polar surface area (TPSA) is 29.5 Å².